The van der Waals surface area contributed by atoms with Crippen molar-refractivity contribution in [1.82, 2.24) is 14.8 Å². The molecule has 0 aliphatic carbocycles. The van der Waals surface area contributed by atoms with Crippen LogP contribution in [0.4, 0.5) is 0 Å². The van der Waals surface area contributed by atoms with Crippen LogP contribution in [-0.2, 0) is 39.9 Å². The molecule has 2 aliphatic heterocycles. The number of nitrogens with zero attached hydrogens (tertiary/aromatic N) is 3. The van der Waals surface area contributed by atoms with E-state index in [1.165, 1.54) is 16.7 Å². The predicted molar refractivity (Wildman–Crippen MR) is 187 cm³/mol. The first-order valence-corrected chi connectivity index (χ1v) is 18.9. The van der Waals surface area contributed by atoms with E-state index in [4.69, 9.17) is 9.47 Å². The average Bonchev–Trinajstić information content (AvgIpc) is 3.08. The van der Waals surface area contributed by atoms with Crippen molar-refractivity contribution >= 4 is 41.1 Å². The van der Waals surface area contributed by atoms with Gasteiger partial charge in [0.05, 0.1) is 17.9 Å². The van der Waals surface area contributed by atoms with Crippen molar-refractivity contribution in [2.24, 2.45) is 17.8 Å². The van der Waals surface area contributed by atoms with Gasteiger partial charge < -0.3 is 19.3 Å². The van der Waals surface area contributed by atoms with E-state index in [1.807, 2.05) is 26.0 Å². The van der Waals surface area contributed by atoms with Crippen LogP contribution in [0.3, 0.4) is 0 Å². The molecule has 1 aromatic rings. The van der Waals surface area contributed by atoms with Crippen molar-refractivity contribution in [3.05, 3.63) is 30.1 Å². The number of thioether (sulfide) groups is 1. The SMILES string of the molecule is CO[C@@H]1CCSCC(=O)C(=O)N2CCCCC2C(=O)O[C@@H](CCc2cccnc2)[C@H](C)CCC(=O)C(CC(C)C)N(C)C(=O)C[C@H](C)C1. The molecule has 10 nitrogen and oxygen atoms in total. The van der Waals surface area contributed by atoms with Crippen LogP contribution in [0.15, 0.2) is 24.5 Å². The Kier molecular flexibility index (Phi) is 16.5. The number of fused-ring (bicyclic) bond motifs is 1. The Morgan fingerprint density at radius 3 is 2.54 bits per heavy atom. The van der Waals surface area contributed by atoms with Crippen molar-refractivity contribution in [1.29, 1.82) is 0 Å². The molecule has 1 aromatic heterocycles. The van der Waals surface area contributed by atoms with Gasteiger partial charge in [-0.15, -0.1) is 0 Å². The van der Waals surface area contributed by atoms with Gasteiger partial charge in [0, 0.05) is 45.9 Å². The number of ether oxygens (including phenoxy) is 2. The predicted octanol–water partition coefficient (Wildman–Crippen LogP) is 5.30. The number of carbonyl (C=O) groups excluding carboxylic acids is 5. The van der Waals surface area contributed by atoms with E-state index < -0.39 is 35.8 Å². The number of likely N-dealkylation sites (N-methyl/N-ethyl adjacent to an activating group) is 1. The fourth-order valence-electron chi connectivity index (χ4n) is 6.72. The fraction of sp³-hybridized carbons (Fsp3) is 0.730. The van der Waals surface area contributed by atoms with E-state index in [0.717, 1.165) is 18.4 Å². The Labute approximate surface area is 291 Å². The molecule has 0 N–H and O–H groups in total. The molecule has 0 radical (unpaired) electrons. The molecule has 0 aromatic carbocycles. The first-order valence-electron chi connectivity index (χ1n) is 17.7. The number of aryl methyl sites for hydroxylation is 1. The number of piperidine rings is 1. The Balaban J connectivity index is 1.87. The number of aromatic nitrogens is 1. The van der Waals surface area contributed by atoms with Crippen LogP contribution in [0.2, 0.25) is 0 Å². The number of pyridine rings is 1. The van der Waals surface area contributed by atoms with Gasteiger partial charge in [0.25, 0.3) is 5.91 Å². The maximum Gasteiger partial charge on any atom is 0.329 e. The molecule has 3 rings (SSSR count). The second-order valence-corrected chi connectivity index (χ2v) is 15.3. The molecule has 2 saturated heterocycles. The van der Waals surface area contributed by atoms with Gasteiger partial charge in [-0.2, -0.15) is 11.8 Å². The molecule has 3 heterocycles. The number of Topliss-reactive ketones (excluding diaryl/α,β-unsaturated/α-hetero) is 2. The van der Waals surface area contributed by atoms with E-state index in [0.29, 0.717) is 63.7 Å². The van der Waals surface area contributed by atoms with E-state index in [1.54, 1.807) is 31.5 Å². The van der Waals surface area contributed by atoms with Crippen molar-refractivity contribution in [3.8, 4) is 0 Å². The summed E-state index contributed by atoms with van der Waals surface area (Å²) in [6, 6.07) is 2.50. The summed E-state index contributed by atoms with van der Waals surface area (Å²) in [5, 5.41) is 0. The third-order valence-electron chi connectivity index (χ3n) is 9.73. The number of hydrogen-bond donors (Lipinski definition) is 0. The normalized spacial score (nSPS) is 28.4. The van der Waals surface area contributed by atoms with Gasteiger partial charge in [0.1, 0.15) is 12.1 Å². The zero-order chi connectivity index (χ0) is 35.2. The van der Waals surface area contributed by atoms with Crippen LogP contribution < -0.4 is 0 Å². The summed E-state index contributed by atoms with van der Waals surface area (Å²) < 4.78 is 11.9. The Morgan fingerprint density at radius 1 is 1.08 bits per heavy atom. The Bertz CT molecular complexity index is 1210. The first kappa shape index (κ1) is 39.6. The van der Waals surface area contributed by atoms with Crippen molar-refractivity contribution in [2.75, 3.05) is 32.2 Å². The molecule has 6 atom stereocenters. The van der Waals surface area contributed by atoms with Gasteiger partial charge >= 0.3 is 5.97 Å². The molecule has 0 spiro atoms. The topological polar surface area (TPSA) is 123 Å². The number of amides is 2. The smallest absolute Gasteiger partial charge is 0.329 e. The zero-order valence-corrected chi connectivity index (χ0v) is 30.7. The zero-order valence-electron chi connectivity index (χ0n) is 29.9. The lowest BCUT2D eigenvalue weighted by molar-refractivity contribution is -0.165. The van der Waals surface area contributed by atoms with Crippen LogP contribution in [-0.4, -0.2) is 101 Å². The van der Waals surface area contributed by atoms with Crippen molar-refractivity contribution < 1.29 is 33.4 Å². The molecule has 48 heavy (non-hydrogen) atoms. The Hall–Kier alpha value is -2.79. The van der Waals surface area contributed by atoms with Crippen molar-refractivity contribution in [2.45, 2.75) is 123 Å². The second-order valence-electron chi connectivity index (χ2n) is 14.2. The second kappa shape index (κ2) is 20.0. The highest BCUT2D eigenvalue weighted by atomic mass is 32.2. The molecule has 0 saturated carbocycles. The number of rotatable bonds is 6. The minimum Gasteiger partial charge on any atom is -0.461 e. The van der Waals surface area contributed by atoms with Gasteiger partial charge in [0.2, 0.25) is 11.7 Å². The van der Waals surface area contributed by atoms with Gasteiger partial charge in [-0.05, 0) is 92.9 Å². The number of cyclic esters (lactones) is 1. The van der Waals surface area contributed by atoms with E-state index in [9.17, 15) is 24.0 Å². The highest BCUT2D eigenvalue weighted by Gasteiger charge is 2.38. The molecule has 2 unspecified atom stereocenters. The van der Waals surface area contributed by atoms with E-state index in [-0.39, 0.29) is 47.7 Å². The molecular weight excluding hydrogens is 630 g/mol. The molecule has 2 amide bonds. The van der Waals surface area contributed by atoms with Crippen LogP contribution in [0.25, 0.3) is 0 Å². The maximum atomic E-state index is 13.8. The third-order valence-corrected chi connectivity index (χ3v) is 10.7. The molecule has 2 fully saturated rings. The minimum atomic E-state index is -0.817. The number of carbonyl (C=O) groups is 5. The molecular formula is C37H57N3O7S. The molecule has 268 valence electrons. The maximum absolute atomic E-state index is 13.8. The van der Waals surface area contributed by atoms with Crippen molar-refractivity contribution in [3.63, 3.8) is 0 Å². The summed E-state index contributed by atoms with van der Waals surface area (Å²) >= 11 is 1.38. The monoisotopic (exact) mass is 687 g/mol. The van der Waals surface area contributed by atoms with Crippen LogP contribution in [0.1, 0.15) is 97.5 Å². The van der Waals surface area contributed by atoms with Crippen LogP contribution >= 0.6 is 11.8 Å². The van der Waals surface area contributed by atoms with E-state index in [2.05, 4.69) is 18.8 Å². The molecule has 2 aliphatic rings. The lowest BCUT2D eigenvalue weighted by atomic mass is 9.89. The number of methoxy groups -OCH3 is 1. The van der Waals surface area contributed by atoms with Crippen LogP contribution in [0, 0.1) is 17.8 Å². The number of ketones is 2. The highest BCUT2D eigenvalue weighted by Crippen LogP contribution is 2.27. The lowest BCUT2D eigenvalue weighted by Crippen LogP contribution is -2.52. The number of hydrogen-bond acceptors (Lipinski definition) is 9. The quantitative estimate of drug-likeness (QED) is 0.290. The summed E-state index contributed by atoms with van der Waals surface area (Å²) in [4.78, 5) is 74.6. The standard InChI is InChI=1S/C37H57N3O7S/c1-25(2)20-31-32(41)14-12-27(4)34(15-13-28-10-9-17-38-23-28)47-37(45)30-11-7-8-18-40(30)36(44)33(42)24-48-19-16-29(46-6)21-26(3)22-35(43)39(31)5/h9-10,17,23,25-27,29-31,34H,7-8,11-16,18-22,24H2,1-6H3/t26-,27-,29-,30?,31?,34+/m1/s1. The van der Waals surface area contributed by atoms with Gasteiger partial charge in [-0.1, -0.05) is 33.8 Å². The van der Waals surface area contributed by atoms with E-state index >= 15 is 0 Å². The summed E-state index contributed by atoms with van der Waals surface area (Å²) in [5.74, 6) is -0.964. The summed E-state index contributed by atoms with van der Waals surface area (Å²) in [6.45, 7) is 8.46. The highest BCUT2D eigenvalue weighted by molar-refractivity contribution is 8.00. The van der Waals surface area contributed by atoms with Crippen LogP contribution in [0.5, 0.6) is 0 Å². The summed E-state index contributed by atoms with van der Waals surface area (Å²) in [5.41, 5.74) is 1.01. The molecule has 11 heteroatoms. The summed E-state index contributed by atoms with van der Waals surface area (Å²) in [7, 11) is 3.38. The first-order chi connectivity index (χ1) is 22.9. The minimum absolute atomic E-state index is 0.00730. The number of esters is 1. The Morgan fingerprint density at radius 2 is 1.85 bits per heavy atom. The summed E-state index contributed by atoms with van der Waals surface area (Å²) in [6.07, 6.45) is 8.92. The third kappa shape index (κ3) is 12.3. The molecule has 0 bridgehead atoms. The largest absolute Gasteiger partial charge is 0.461 e. The fourth-order valence-corrected chi connectivity index (χ4v) is 7.60. The van der Waals surface area contributed by atoms with Gasteiger partial charge in [0.15, 0.2) is 5.78 Å². The average molecular weight is 688 g/mol. The lowest BCUT2D eigenvalue weighted by Gasteiger charge is -2.35. The van der Waals surface area contributed by atoms with Gasteiger partial charge in [-0.3, -0.25) is 24.2 Å². The van der Waals surface area contributed by atoms with Gasteiger partial charge in [-0.25, -0.2) is 4.79 Å².